The van der Waals surface area contributed by atoms with Crippen molar-refractivity contribution in [3.05, 3.63) is 63.5 Å². The maximum absolute atomic E-state index is 5.18. The second-order valence-corrected chi connectivity index (χ2v) is 10.0. The van der Waals surface area contributed by atoms with Gasteiger partial charge < -0.3 is 9.80 Å². The van der Waals surface area contributed by atoms with Crippen LogP contribution >= 0.6 is 11.3 Å². The van der Waals surface area contributed by atoms with Gasteiger partial charge in [-0.1, -0.05) is 39.0 Å². The van der Waals surface area contributed by atoms with Gasteiger partial charge in [-0.3, -0.25) is 4.90 Å². The van der Waals surface area contributed by atoms with E-state index >= 15 is 0 Å². The van der Waals surface area contributed by atoms with Crippen LogP contribution in [0.4, 0.5) is 5.82 Å². The van der Waals surface area contributed by atoms with Gasteiger partial charge >= 0.3 is 0 Å². The third-order valence-corrected chi connectivity index (χ3v) is 7.76. The predicted molar refractivity (Wildman–Crippen MR) is 141 cm³/mol. The van der Waals surface area contributed by atoms with Crippen molar-refractivity contribution in [3.8, 4) is 5.69 Å². The zero-order valence-electron chi connectivity index (χ0n) is 20.8. The van der Waals surface area contributed by atoms with Crippen molar-refractivity contribution in [2.24, 2.45) is 0 Å². The summed E-state index contributed by atoms with van der Waals surface area (Å²) in [6.07, 6.45) is 2.11. The highest BCUT2D eigenvalue weighted by Gasteiger charge is 2.27. The molecule has 178 valence electrons. The average Bonchev–Trinajstić information content (AvgIpc) is 3.42. The minimum Gasteiger partial charge on any atom is -0.354 e. The molecule has 6 heteroatoms. The molecule has 0 spiro atoms. The summed E-state index contributed by atoms with van der Waals surface area (Å²) in [6, 6.07) is 12.9. The molecular formula is C27H39N5S. The third-order valence-electron chi connectivity index (χ3n) is 6.75. The normalized spacial score (nSPS) is 15.0. The summed E-state index contributed by atoms with van der Waals surface area (Å²) in [5, 5.41) is 7.40. The molecule has 5 nitrogen and oxygen atoms in total. The predicted octanol–water partition coefficient (Wildman–Crippen LogP) is 5.36. The Morgan fingerprint density at radius 1 is 0.970 bits per heavy atom. The van der Waals surface area contributed by atoms with E-state index in [9.17, 15) is 0 Å². The topological polar surface area (TPSA) is 27.5 Å². The van der Waals surface area contributed by atoms with Crippen LogP contribution < -0.4 is 4.90 Å². The number of aromatic nitrogens is 2. The van der Waals surface area contributed by atoms with Gasteiger partial charge in [0.15, 0.2) is 0 Å². The lowest BCUT2D eigenvalue weighted by Gasteiger charge is -2.36. The Morgan fingerprint density at radius 2 is 1.73 bits per heavy atom. The first-order chi connectivity index (χ1) is 16.1. The average molecular weight is 466 g/mol. The summed E-state index contributed by atoms with van der Waals surface area (Å²) in [4.78, 5) is 9.23. The number of hydrogen-bond acceptors (Lipinski definition) is 5. The monoisotopic (exact) mass is 465 g/mol. The van der Waals surface area contributed by atoms with E-state index in [2.05, 4.69) is 88.9 Å². The SMILES string of the molecule is CCCN(Cc1sccc1C)Cc1c(CC)nn(-c2ccccc2)c1N1CCN(CC)CC1. The number of hydrogen-bond donors (Lipinski definition) is 0. The molecule has 0 atom stereocenters. The number of piperazine rings is 1. The molecule has 0 amide bonds. The van der Waals surface area contributed by atoms with Crippen molar-refractivity contribution in [1.82, 2.24) is 19.6 Å². The van der Waals surface area contributed by atoms with Crippen LogP contribution in [0.5, 0.6) is 0 Å². The molecule has 4 rings (SSSR count). The summed E-state index contributed by atoms with van der Waals surface area (Å²) in [7, 11) is 0. The fourth-order valence-corrected chi connectivity index (χ4v) is 5.75. The molecule has 0 aliphatic carbocycles. The number of aryl methyl sites for hydroxylation is 2. The summed E-state index contributed by atoms with van der Waals surface area (Å²) in [5.41, 5.74) is 5.21. The zero-order valence-corrected chi connectivity index (χ0v) is 21.6. The van der Waals surface area contributed by atoms with E-state index < -0.39 is 0 Å². The van der Waals surface area contributed by atoms with Crippen molar-refractivity contribution in [3.63, 3.8) is 0 Å². The van der Waals surface area contributed by atoms with Crippen molar-refractivity contribution < 1.29 is 0 Å². The summed E-state index contributed by atoms with van der Waals surface area (Å²) >= 11 is 1.88. The van der Waals surface area contributed by atoms with Crippen LogP contribution in [0.15, 0.2) is 41.8 Å². The van der Waals surface area contributed by atoms with Crippen LogP contribution in [-0.4, -0.2) is 58.8 Å². The van der Waals surface area contributed by atoms with Crippen LogP contribution in [-0.2, 0) is 19.5 Å². The molecule has 33 heavy (non-hydrogen) atoms. The Labute approximate surface area is 203 Å². The quantitative estimate of drug-likeness (QED) is 0.403. The standard InChI is InChI=1S/C27H39N5S/c1-5-14-30(21-26-22(4)13-19-33-26)20-24-25(6-2)28-32(23-11-9-8-10-12-23)27(24)31-17-15-29(7-3)16-18-31/h8-13,19H,5-7,14-18,20-21H2,1-4H3. The van der Waals surface area contributed by atoms with Crippen LogP contribution in [0.3, 0.4) is 0 Å². The molecule has 0 N–H and O–H groups in total. The molecule has 1 aliphatic heterocycles. The van der Waals surface area contributed by atoms with Crippen LogP contribution in [0, 0.1) is 6.92 Å². The summed E-state index contributed by atoms with van der Waals surface area (Å²) < 4.78 is 2.22. The molecule has 3 aromatic rings. The fraction of sp³-hybridized carbons (Fsp3) is 0.519. The maximum atomic E-state index is 5.18. The van der Waals surface area contributed by atoms with Gasteiger partial charge in [-0.15, -0.1) is 11.3 Å². The molecule has 1 aliphatic rings. The van der Waals surface area contributed by atoms with Crippen LogP contribution in [0.25, 0.3) is 5.69 Å². The second-order valence-electron chi connectivity index (χ2n) is 9.01. The van der Waals surface area contributed by atoms with E-state index in [4.69, 9.17) is 5.10 Å². The number of thiophene rings is 1. The zero-order chi connectivity index (χ0) is 23.2. The molecule has 0 saturated carbocycles. The van der Waals surface area contributed by atoms with Crippen LogP contribution in [0.1, 0.15) is 48.9 Å². The molecule has 2 aromatic heterocycles. The number of para-hydroxylation sites is 1. The molecular weight excluding hydrogens is 426 g/mol. The highest BCUT2D eigenvalue weighted by atomic mass is 32.1. The molecule has 0 radical (unpaired) electrons. The van der Waals surface area contributed by atoms with E-state index in [-0.39, 0.29) is 0 Å². The lowest BCUT2D eigenvalue weighted by atomic mass is 10.1. The van der Waals surface area contributed by atoms with Crippen molar-refractivity contribution >= 4 is 17.2 Å². The van der Waals surface area contributed by atoms with E-state index in [1.165, 1.54) is 27.5 Å². The second kappa shape index (κ2) is 11.3. The first kappa shape index (κ1) is 24.0. The largest absolute Gasteiger partial charge is 0.354 e. The first-order valence-electron chi connectivity index (χ1n) is 12.5. The Balaban J connectivity index is 1.72. The van der Waals surface area contributed by atoms with Gasteiger partial charge in [-0.2, -0.15) is 5.10 Å². The highest BCUT2D eigenvalue weighted by Crippen LogP contribution is 2.31. The van der Waals surface area contributed by atoms with Gasteiger partial charge in [0, 0.05) is 49.7 Å². The fourth-order valence-electron chi connectivity index (χ4n) is 4.80. The lowest BCUT2D eigenvalue weighted by molar-refractivity contribution is 0.256. The lowest BCUT2D eigenvalue weighted by Crippen LogP contribution is -2.47. The van der Waals surface area contributed by atoms with E-state index in [0.717, 1.165) is 70.9 Å². The molecule has 0 bridgehead atoms. The van der Waals surface area contributed by atoms with Gasteiger partial charge in [0.2, 0.25) is 0 Å². The smallest absolute Gasteiger partial charge is 0.137 e. The van der Waals surface area contributed by atoms with Gasteiger partial charge in [0.05, 0.1) is 11.4 Å². The maximum Gasteiger partial charge on any atom is 0.137 e. The number of rotatable bonds is 10. The third kappa shape index (κ3) is 5.51. The summed E-state index contributed by atoms with van der Waals surface area (Å²) in [5.74, 6) is 1.30. The Morgan fingerprint density at radius 3 is 2.33 bits per heavy atom. The Bertz CT molecular complexity index is 1000. The van der Waals surface area contributed by atoms with Crippen LogP contribution in [0.2, 0.25) is 0 Å². The highest BCUT2D eigenvalue weighted by molar-refractivity contribution is 7.10. The summed E-state index contributed by atoms with van der Waals surface area (Å²) in [6.45, 7) is 17.6. The van der Waals surface area contributed by atoms with E-state index in [0.29, 0.717) is 0 Å². The van der Waals surface area contributed by atoms with Gasteiger partial charge in [0.1, 0.15) is 5.82 Å². The molecule has 1 fully saturated rings. The number of nitrogens with zero attached hydrogens (tertiary/aromatic N) is 5. The van der Waals surface area contributed by atoms with Gasteiger partial charge in [0.25, 0.3) is 0 Å². The molecule has 1 aromatic carbocycles. The van der Waals surface area contributed by atoms with E-state index in [1.807, 2.05) is 11.3 Å². The number of anilines is 1. The minimum atomic E-state index is 0.949. The molecule has 0 unspecified atom stereocenters. The van der Waals surface area contributed by atoms with E-state index in [1.54, 1.807) is 0 Å². The molecule has 1 saturated heterocycles. The van der Waals surface area contributed by atoms with Gasteiger partial charge in [-0.05, 0) is 62.0 Å². The first-order valence-corrected chi connectivity index (χ1v) is 13.4. The Kier molecular flexibility index (Phi) is 8.23. The number of benzene rings is 1. The van der Waals surface area contributed by atoms with Crippen molar-refractivity contribution in [1.29, 1.82) is 0 Å². The number of likely N-dealkylation sites (N-methyl/N-ethyl adjacent to an activating group) is 1. The van der Waals surface area contributed by atoms with Crippen molar-refractivity contribution in [2.75, 3.05) is 44.2 Å². The van der Waals surface area contributed by atoms with Crippen molar-refractivity contribution in [2.45, 2.75) is 53.6 Å². The molecule has 3 heterocycles. The minimum absolute atomic E-state index is 0.949. The Hall–Kier alpha value is -2.15. The van der Waals surface area contributed by atoms with Gasteiger partial charge in [-0.25, -0.2) is 4.68 Å².